The lowest BCUT2D eigenvalue weighted by molar-refractivity contribution is 0.0542. The van der Waals surface area contributed by atoms with Gasteiger partial charge in [-0.2, -0.15) is 0 Å². The van der Waals surface area contributed by atoms with Gasteiger partial charge >= 0.3 is 0 Å². The molecule has 0 aromatic carbocycles. The van der Waals surface area contributed by atoms with Crippen LogP contribution in [-0.2, 0) is 9.47 Å². The summed E-state index contributed by atoms with van der Waals surface area (Å²) in [6.07, 6.45) is 2.23. The van der Waals surface area contributed by atoms with Gasteiger partial charge in [-0.05, 0) is 19.3 Å². The summed E-state index contributed by atoms with van der Waals surface area (Å²) in [7, 11) is 1.73. The molecule has 4 heteroatoms. The van der Waals surface area contributed by atoms with Crippen molar-refractivity contribution < 1.29 is 9.47 Å². The SMILES string of the molecule is CCC(C)C1CN(CCOCCCOC)C(C)CN1. The van der Waals surface area contributed by atoms with Crippen LogP contribution in [-0.4, -0.2) is 63.5 Å². The molecule has 0 aromatic rings. The van der Waals surface area contributed by atoms with E-state index < -0.39 is 0 Å². The summed E-state index contributed by atoms with van der Waals surface area (Å²) in [4.78, 5) is 2.56. The summed E-state index contributed by atoms with van der Waals surface area (Å²) in [5, 5.41) is 3.67. The average molecular weight is 272 g/mol. The molecule has 0 radical (unpaired) electrons. The van der Waals surface area contributed by atoms with Gasteiger partial charge in [-0.1, -0.05) is 20.3 Å². The van der Waals surface area contributed by atoms with Crippen LogP contribution in [0.4, 0.5) is 0 Å². The maximum atomic E-state index is 5.67. The molecule has 1 heterocycles. The van der Waals surface area contributed by atoms with Crippen LogP contribution in [0.2, 0.25) is 0 Å². The summed E-state index contributed by atoms with van der Waals surface area (Å²) in [6.45, 7) is 12.6. The van der Waals surface area contributed by atoms with E-state index in [-0.39, 0.29) is 0 Å². The van der Waals surface area contributed by atoms with Crippen molar-refractivity contribution in [3.8, 4) is 0 Å². The highest BCUT2D eigenvalue weighted by Gasteiger charge is 2.27. The van der Waals surface area contributed by atoms with Gasteiger partial charge in [0.15, 0.2) is 0 Å². The molecule has 1 saturated heterocycles. The van der Waals surface area contributed by atoms with Gasteiger partial charge in [0.2, 0.25) is 0 Å². The predicted molar refractivity (Wildman–Crippen MR) is 79.6 cm³/mol. The highest BCUT2D eigenvalue weighted by Crippen LogP contribution is 2.15. The van der Waals surface area contributed by atoms with Gasteiger partial charge in [0.05, 0.1) is 6.61 Å². The Labute approximate surface area is 118 Å². The number of rotatable bonds is 9. The van der Waals surface area contributed by atoms with Gasteiger partial charge in [0, 0.05) is 52.0 Å². The van der Waals surface area contributed by atoms with Gasteiger partial charge in [0.25, 0.3) is 0 Å². The first-order valence-electron chi connectivity index (χ1n) is 7.73. The van der Waals surface area contributed by atoms with Crippen molar-refractivity contribution >= 4 is 0 Å². The number of hydrogen-bond acceptors (Lipinski definition) is 4. The number of ether oxygens (including phenoxy) is 2. The first-order chi connectivity index (χ1) is 9.19. The minimum Gasteiger partial charge on any atom is -0.385 e. The van der Waals surface area contributed by atoms with Crippen LogP contribution in [0, 0.1) is 5.92 Å². The molecule has 1 aliphatic heterocycles. The summed E-state index contributed by atoms with van der Waals surface area (Å²) in [6, 6.07) is 1.25. The fraction of sp³-hybridized carbons (Fsp3) is 1.00. The Morgan fingerprint density at radius 1 is 1.32 bits per heavy atom. The van der Waals surface area contributed by atoms with Crippen LogP contribution >= 0.6 is 0 Å². The van der Waals surface area contributed by atoms with Crippen molar-refractivity contribution in [1.82, 2.24) is 10.2 Å². The Hall–Kier alpha value is -0.160. The fourth-order valence-corrected chi connectivity index (χ4v) is 2.51. The second kappa shape index (κ2) is 9.70. The number of nitrogens with zero attached hydrogens (tertiary/aromatic N) is 1. The summed E-state index contributed by atoms with van der Waals surface area (Å²) in [5.74, 6) is 0.748. The molecule has 3 atom stereocenters. The first-order valence-corrected chi connectivity index (χ1v) is 7.73. The van der Waals surface area contributed by atoms with Gasteiger partial charge in [-0.15, -0.1) is 0 Å². The van der Waals surface area contributed by atoms with E-state index in [1.54, 1.807) is 7.11 Å². The molecule has 1 N–H and O–H groups in total. The van der Waals surface area contributed by atoms with Crippen molar-refractivity contribution in [3.05, 3.63) is 0 Å². The van der Waals surface area contributed by atoms with E-state index in [1.807, 2.05) is 0 Å². The monoisotopic (exact) mass is 272 g/mol. The van der Waals surface area contributed by atoms with E-state index in [4.69, 9.17) is 9.47 Å². The number of piperazine rings is 1. The van der Waals surface area contributed by atoms with Crippen LogP contribution in [0.15, 0.2) is 0 Å². The normalized spacial score (nSPS) is 26.5. The maximum absolute atomic E-state index is 5.67. The van der Waals surface area contributed by atoms with E-state index in [2.05, 4.69) is 31.0 Å². The van der Waals surface area contributed by atoms with Crippen molar-refractivity contribution in [1.29, 1.82) is 0 Å². The van der Waals surface area contributed by atoms with Gasteiger partial charge < -0.3 is 14.8 Å². The third-order valence-corrected chi connectivity index (χ3v) is 4.22. The summed E-state index contributed by atoms with van der Waals surface area (Å²) in [5.41, 5.74) is 0. The van der Waals surface area contributed by atoms with Crippen LogP contribution < -0.4 is 5.32 Å². The second-order valence-electron chi connectivity index (χ2n) is 5.70. The predicted octanol–water partition coefficient (Wildman–Crippen LogP) is 1.75. The molecule has 114 valence electrons. The molecule has 1 fully saturated rings. The van der Waals surface area contributed by atoms with Gasteiger partial charge in [-0.3, -0.25) is 4.90 Å². The van der Waals surface area contributed by atoms with Crippen molar-refractivity contribution in [2.24, 2.45) is 5.92 Å². The highest BCUT2D eigenvalue weighted by molar-refractivity contribution is 4.86. The molecule has 0 amide bonds. The molecule has 1 aliphatic rings. The average Bonchev–Trinajstić information content (AvgIpc) is 2.43. The van der Waals surface area contributed by atoms with Crippen LogP contribution in [0.1, 0.15) is 33.6 Å². The molecule has 3 unspecified atom stereocenters. The van der Waals surface area contributed by atoms with Crippen molar-refractivity contribution in [2.75, 3.05) is 46.6 Å². The summed E-state index contributed by atoms with van der Waals surface area (Å²) < 4.78 is 10.7. The van der Waals surface area contributed by atoms with Crippen molar-refractivity contribution in [2.45, 2.75) is 45.7 Å². The zero-order valence-electron chi connectivity index (χ0n) is 13.2. The fourth-order valence-electron chi connectivity index (χ4n) is 2.51. The molecule has 0 spiro atoms. The lowest BCUT2D eigenvalue weighted by Crippen LogP contribution is -2.57. The third-order valence-electron chi connectivity index (χ3n) is 4.22. The zero-order chi connectivity index (χ0) is 14.1. The number of hydrogen-bond donors (Lipinski definition) is 1. The topological polar surface area (TPSA) is 33.7 Å². The maximum Gasteiger partial charge on any atom is 0.0593 e. The molecule has 0 bridgehead atoms. The Bertz CT molecular complexity index is 226. The lowest BCUT2D eigenvalue weighted by atomic mass is 9.96. The van der Waals surface area contributed by atoms with E-state index in [1.165, 1.54) is 6.42 Å². The van der Waals surface area contributed by atoms with Gasteiger partial charge in [-0.25, -0.2) is 0 Å². The Morgan fingerprint density at radius 3 is 2.79 bits per heavy atom. The van der Waals surface area contributed by atoms with E-state index >= 15 is 0 Å². The zero-order valence-corrected chi connectivity index (χ0v) is 13.2. The van der Waals surface area contributed by atoms with Gasteiger partial charge in [0.1, 0.15) is 0 Å². The molecule has 0 aromatic heterocycles. The third kappa shape index (κ3) is 6.21. The quantitative estimate of drug-likeness (QED) is 0.648. The number of methoxy groups -OCH3 is 1. The Morgan fingerprint density at radius 2 is 2.11 bits per heavy atom. The molecule has 0 aliphatic carbocycles. The number of nitrogens with one attached hydrogen (secondary N) is 1. The lowest BCUT2D eigenvalue weighted by Gasteiger charge is -2.40. The largest absolute Gasteiger partial charge is 0.385 e. The van der Waals surface area contributed by atoms with Crippen LogP contribution in [0.3, 0.4) is 0 Å². The minimum atomic E-state index is 0.614. The van der Waals surface area contributed by atoms with E-state index in [9.17, 15) is 0 Å². The Kier molecular flexibility index (Phi) is 8.62. The molecular formula is C15H32N2O2. The van der Waals surface area contributed by atoms with E-state index in [0.29, 0.717) is 12.1 Å². The standard InChI is InChI=1S/C15H32N2O2/c1-5-13(2)15-12-17(14(3)11-16-15)7-10-19-9-6-8-18-4/h13-16H,5-12H2,1-4H3. The van der Waals surface area contributed by atoms with Crippen LogP contribution in [0.5, 0.6) is 0 Å². The molecule has 0 saturated carbocycles. The Balaban J connectivity index is 2.19. The van der Waals surface area contributed by atoms with Crippen LogP contribution in [0.25, 0.3) is 0 Å². The molecule has 4 nitrogen and oxygen atoms in total. The second-order valence-corrected chi connectivity index (χ2v) is 5.70. The van der Waals surface area contributed by atoms with Crippen molar-refractivity contribution in [3.63, 3.8) is 0 Å². The summed E-state index contributed by atoms with van der Waals surface area (Å²) >= 11 is 0. The first kappa shape index (κ1) is 16.9. The smallest absolute Gasteiger partial charge is 0.0593 e. The van der Waals surface area contributed by atoms with E-state index in [0.717, 1.165) is 51.8 Å². The molecule has 19 heavy (non-hydrogen) atoms. The minimum absolute atomic E-state index is 0.614. The molecular weight excluding hydrogens is 240 g/mol. The molecule has 1 rings (SSSR count). The highest BCUT2D eigenvalue weighted by atomic mass is 16.5.